The Labute approximate surface area is 121 Å². The average Bonchev–Trinajstić information content (AvgIpc) is 2.98. The monoisotopic (exact) mass is 288 g/mol. The normalized spacial score (nSPS) is 11.9. The smallest absolute Gasteiger partial charge is 0.323 e. The standard InChI is InChI=1S/C14H16N4O3/c1-10-3-5-12(6-4-10)17(7-13(19)20)14(21)11(2)18-9-15-8-16-18/h3-6,8-9,11H,7H2,1-2H3,(H,19,20). The summed E-state index contributed by atoms with van der Waals surface area (Å²) < 4.78 is 1.39. The van der Waals surface area contributed by atoms with Crippen molar-refractivity contribution < 1.29 is 14.7 Å². The van der Waals surface area contributed by atoms with E-state index in [0.29, 0.717) is 5.69 Å². The Morgan fingerprint density at radius 2 is 2.00 bits per heavy atom. The molecule has 1 amide bonds. The minimum Gasteiger partial charge on any atom is -0.480 e. The number of benzene rings is 1. The van der Waals surface area contributed by atoms with Crippen molar-refractivity contribution in [1.82, 2.24) is 14.8 Å². The molecule has 1 aromatic heterocycles. The lowest BCUT2D eigenvalue weighted by molar-refractivity contribution is -0.137. The average molecular weight is 288 g/mol. The van der Waals surface area contributed by atoms with Gasteiger partial charge in [0.1, 0.15) is 25.2 Å². The topological polar surface area (TPSA) is 88.3 Å². The van der Waals surface area contributed by atoms with E-state index in [1.54, 1.807) is 19.1 Å². The van der Waals surface area contributed by atoms with Gasteiger partial charge in [0.05, 0.1) is 0 Å². The van der Waals surface area contributed by atoms with E-state index in [4.69, 9.17) is 5.11 Å². The van der Waals surface area contributed by atoms with Crippen molar-refractivity contribution >= 4 is 17.6 Å². The summed E-state index contributed by atoms with van der Waals surface area (Å²) in [7, 11) is 0. The lowest BCUT2D eigenvalue weighted by Gasteiger charge is -2.24. The predicted octanol–water partition coefficient (Wildman–Crippen LogP) is 1.27. The first-order valence-electron chi connectivity index (χ1n) is 6.43. The molecule has 2 aromatic rings. The first kappa shape index (κ1) is 14.7. The Balaban J connectivity index is 2.29. The number of aliphatic carboxylic acids is 1. The maximum Gasteiger partial charge on any atom is 0.323 e. The molecule has 0 bridgehead atoms. The minimum atomic E-state index is -1.07. The van der Waals surface area contributed by atoms with Crippen LogP contribution >= 0.6 is 0 Å². The number of carboxylic acids is 1. The molecule has 110 valence electrons. The van der Waals surface area contributed by atoms with Crippen molar-refractivity contribution in [3.8, 4) is 0 Å². The molecule has 0 aliphatic carbocycles. The number of hydrogen-bond acceptors (Lipinski definition) is 4. The summed E-state index contributed by atoms with van der Waals surface area (Å²) in [6, 6.07) is 6.48. The van der Waals surface area contributed by atoms with Gasteiger partial charge >= 0.3 is 5.97 Å². The van der Waals surface area contributed by atoms with Crippen LogP contribution in [-0.2, 0) is 9.59 Å². The quantitative estimate of drug-likeness (QED) is 0.895. The molecule has 0 saturated heterocycles. The van der Waals surface area contributed by atoms with E-state index >= 15 is 0 Å². The molecular formula is C14H16N4O3. The second-order valence-electron chi connectivity index (χ2n) is 4.71. The molecule has 1 atom stereocenters. The van der Waals surface area contributed by atoms with Crippen LogP contribution in [0.25, 0.3) is 0 Å². The van der Waals surface area contributed by atoms with Crippen LogP contribution in [0.3, 0.4) is 0 Å². The Morgan fingerprint density at radius 3 is 2.52 bits per heavy atom. The SMILES string of the molecule is Cc1ccc(N(CC(=O)O)C(=O)C(C)n2cncn2)cc1. The van der Waals surface area contributed by atoms with Crippen molar-refractivity contribution in [3.63, 3.8) is 0 Å². The predicted molar refractivity (Wildman–Crippen MR) is 75.9 cm³/mol. The highest BCUT2D eigenvalue weighted by molar-refractivity contribution is 5.99. The largest absolute Gasteiger partial charge is 0.480 e. The lowest BCUT2D eigenvalue weighted by Crippen LogP contribution is -2.40. The van der Waals surface area contributed by atoms with E-state index in [1.807, 2.05) is 19.1 Å². The van der Waals surface area contributed by atoms with Gasteiger partial charge in [0.15, 0.2) is 0 Å². The number of carbonyl (C=O) groups is 2. The number of amides is 1. The van der Waals surface area contributed by atoms with Crippen LogP contribution in [0, 0.1) is 6.92 Å². The molecule has 0 aliphatic heterocycles. The highest BCUT2D eigenvalue weighted by atomic mass is 16.4. The number of hydrogen-bond donors (Lipinski definition) is 1. The lowest BCUT2D eigenvalue weighted by atomic mass is 10.2. The zero-order valence-corrected chi connectivity index (χ0v) is 11.8. The van der Waals surface area contributed by atoms with Gasteiger partial charge in [-0.25, -0.2) is 9.67 Å². The van der Waals surface area contributed by atoms with Gasteiger partial charge in [0, 0.05) is 5.69 Å². The number of carboxylic acid groups (broad SMARTS) is 1. The number of rotatable bonds is 5. The second-order valence-corrected chi connectivity index (χ2v) is 4.71. The third-order valence-corrected chi connectivity index (χ3v) is 3.10. The summed E-state index contributed by atoms with van der Waals surface area (Å²) in [4.78, 5) is 28.6. The van der Waals surface area contributed by atoms with Crippen LogP contribution in [0.2, 0.25) is 0 Å². The fourth-order valence-electron chi connectivity index (χ4n) is 1.91. The molecule has 2 rings (SSSR count). The van der Waals surface area contributed by atoms with Crippen LogP contribution in [0.1, 0.15) is 18.5 Å². The number of aryl methyl sites for hydroxylation is 1. The van der Waals surface area contributed by atoms with Crippen LogP contribution in [0.5, 0.6) is 0 Å². The maximum atomic E-state index is 12.5. The van der Waals surface area contributed by atoms with Gasteiger partial charge in [-0.15, -0.1) is 0 Å². The summed E-state index contributed by atoms with van der Waals surface area (Å²) >= 11 is 0. The number of anilines is 1. The highest BCUT2D eigenvalue weighted by Gasteiger charge is 2.25. The third-order valence-electron chi connectivity index (χ3n) is 3.10. The number of carbonyl (C=O) groups excluding carboxylic acids is 1. The Morgan fingerprint density at radius 1 is 1.33 bits per heavy atom. The molecule has 1 unspecified atom stereocenters. The van der Waals surface area contributed by atoms with Gasteiger partial charge in [-0.2, -0.15) is 5.10 Å². The molecule has 0 fully saturated rings. The fraction of sp³-hybridized carbons (Fsp3) is 0.286. The summed E-state index contributed by atoms with van der Waals surface area (Å²) in [5.74, 6) is -1.43. The van der Waals surface area contributed by atoms with Crippen LogP contribution in [-0.4, -0.2) is 38.3 Å². The molecule has 0 spiro atoms. The molecular weight excluding hydrogens is 272 g/mol. The van der Waals surface area contributed by atoms with Gasteiger partial charge in [-0.05, 0) is 26.0 Å². The van der Waals surface area contributed by atoms with Crippen molar-refractivity contribution in [3.05, 3.63) is 42.5 Å². The molecule has 1 aromatic carbocycles. The van der Waals surface area contributed by atoms with Crippen LogP contribution in [0.15, 0.2) is 36.9 Å². The van der Waals surface area contributed by atoms with Crippen LogP contribution in [0.4, 0.5) is 5.69 Å². The van der Waals surface area contributed by atoms with E-state index in [0.717, 1.165) is 5.56 Å². The van der Waals surface area contributed by atoms with Gasteiger partial charge in [0.2, 0.25) is 0 Å². The first-order chi connectivity index (χ1) is 9.99. The Bertz CT molecular complexity index is 622. The zero-order chi connectivity index (χ0) is 15.4. The molecule has 1 heterocycles. The summed E-state index contributed by atoms with van der Waals surface area (Å²) in [6.45, 7) is 3.17. The van der Waals surface area contributed by atoms with Gasteiger partial charge in [-0.3, -0.25) is 14.5 Å². The second kappa shape index (κ2) is 6.17. The fourth-order valence-corrected chi connectivity index (χ4v) is 1.91. The number of aromatic nitrogens is 3. The Kier molecular flexibility index (Phi) is 4.32. The van der Waals surface area contributed by atoms with E-state index in [9.17, 15) is 9.59 Å². The molecule has 21 heavy (non-hydrogen) atoms. The van der Waals surface area contributed by atoms with Gasteiger partial charge in [-0.1, -0.05) is 17.7 Å². The molecule has 7 nitrogen and oxygen atoms in total. The number of nitrogens with zero attached hydrogens (tertiary/aromatic N) is 4. The van der Waals surface area contributed by atoms with Crippen molar-refractivity contribution in [2.24, 2.45) is 0 Å². The highest BCUT2D eigenvalue weighted by Crippen LogP contribution is 2.19. The summed E-state index contributed by atoms with van der Waals surface area (Å²) in [5.41, 5.74) is 1.57. The van der Waals surface area contributed by atoms with E-state index in [1.165, 1.54) is 22.2 Å². The molecule has 0 aliphatic rings. The van der Waals surface area contributed by atoms with E-state index in [-0.39, 0.29) is 5.91 Å². The van der Waals surface area contributed by atoms with Crippen molar-refractivity contribution in [2.75, 3.05) is 11.4 Å². The first-order valence-corrected chi connectivity index (χ1v) is 6.43. The summed E-state index contributed by atoms with van der Waals surface area (Å²) in [5, 5.41) is 12.9. The minimum absolute atomic E-state index is 0.355. The van der Waals surface area contributed by atoms with Crippen LogP contribution < -0.4 is 4.90 Å². The van der Waals surface area contributed by atoms with E-state index < -0.39 is 18.6 Å². The summed E-state index contributed by atoms with van der Waals surface area (Å²) in [6.07, 6.45) is 2.76. The molecule has 0 radical (unpaired) electrons. The molecule has 1 N–H and O–H groups in total. The molecule has 7 heteroatoms. The van der Waals surface area contributed by atoms with Gasteiger partial charge in [0.25, 0.3) is 5.91 Å². The van der Waals surface area contributed by atoms with Gasteiger partial charge < -0.3 is 5.11 Å². The van der Waals surface area contributed by atoms with Crippen molar-refractivity contribution in [2.45, 2.75) is 19.9 Å². The van der Waals surface area contributed by atoms with E-state index in [2.05, 4.69) is 10.1 Å². The maximum absolute atomic E-state index is 12.5. The Hall–Kier alpha value is -2.70. The third kappa shape index (κ3) is 3.44. The zero-order valence-electron chi connectivity index (χ0n) is 11.8. The molecule has 0 saturated carbocycles. The van der Waals surface area contributed by atoms with Crippen molar-refractivity contribution in [1.29, 1.82) is 0 Å².